The van der Waals surface area contributed by atoms with Gasteiger partial charge in [-0.05, 0) is 56.7 Å². The molecule has 2 aliphatic rings. The Morgan fingerprint density at radius 2 is 0.920 bits per heavy atom. The number of rotatable bonds is 2. The van der Waals surface area contributed by atoms with E-state index in [-0.39, 0.29) is 11.1 Å². The summed E-state index contributed by atoms with van der Waals surface area (Å²) >= 11 is 0. The SMILES string of the molecule is CC(C)(C)[Si](C)(C)OC1CC(O)CC(O)C1.OC1CC(O)CC(O)C1. The third-order valence-electron chi connectivity index (χ3n) is 5.51. The maximum Gasteiger partial charge on any atom is 0.192 e. The first-order valence-electron chi connectivity index (χ1n) is 9.38. The van der Waals surface area contributed by atoms with Crippen LogP contribution in [0.1, 0.15) is 59.3 Å². The van der Waals surface area contributed by atoms with E-state index in [1.54, 1.807) is 0 Å². The van der Waals surface area contributed by atoms with Crippen LogP contribution in [0.3, 0.4) is 0 Å². The van der Waals surface area contributed by atoms with Crippen molar-refractivity contribution in [3.05, 3.63) is 0 Å². The lowest BCUT2D eigenvalue weighted by Gasteiger charge is -2.41. The molecule has 5 N–H and O–H groups in total. The van der Waals surface area contributed by atoms with Gasteiger partial charge in [0.1, 0.15) is 0 Å². The van der Waals surface area contributed by atoms with E-state index in [9.17, 15) is 10.2 Å². The lowest BCUT2D eigenvalue weighted by atomic mass is 9.93. The van der Waals surface area contributed by atoms with Gasteiger partial charge < -0.3 is 30.0 Å². The van der Waals surface area contributed by atoms with Crippen molar-refractivity contribution in [3.8, 4) is 0 Å². The molecule has 2 unspecified atom stereocenters. The number of hydrogen-bond acceptors (Lipinski definition) is 6. The molecule has 2 atom stereocenters. The predicted molar refractivity (Wildman–Crippen MR) is 99.8 cm³/mol. The Labute approximate surface area is 153 Å². The summed E-state index contributed by atoms with van der Waals surface area (Å²) in [6, 6.07) is 0. The third kappa shape index (κ3) is 8.03. The highest BCUT2D eigenvalue weighted by Gasteiger charge is 2.40. The van der Waals surface area contributed by atoms with Crippen LogP contribution in [-0.4, -0.2) is 70.5 Å². The quantitative estimate of drug-likeness (QED) is 0.466. The van der Waals surface area contributed by atoms with E-state index >= 15 is 0 Å². The summed E-state index contributed by atoms with van der Waals surface area (Å²) in [6.45, 7) is 11.0. The minimum atomic E-state index is -1.77. The average Bonchev–Trinajstić information content (AvgIpc) is 2.33. The van der Waals surface area contributed by atoms with Gasteiger partial charge in [0, 0.05) is 6.10 Å². The first kappa shape index (κ1) is 23.0. The van der Waals surface area contributed by atoms with Crippen molar-refractivity contribution in [2.24, 2.45) is 0 Å². The van der Waals surface area contributed by atoms with Gasteiger partial charge in [-0.2, -0.15) is 0 Å². The summed E-state index contributed by atoms with van der Waals surface area (Å²) in [5.74, 6) is 0. The Balaban J connectivity index is 0.000000293. The first-order chi connectivity index (χ1) is 11.3. The predicted octanol–water partition coefficient (Wildman–Crippen LogP) is 1.54. The molecular formula is C18H38O6Si. The summed E-state index contributed by atoms with van der Waals surface area (Å²) in [5.41, 5.74) is 0. The second kappa shape index (κ2) is 9.26. The Morgan fingerprint density at radius 1 is 0.640 bits per heavy atom. The maximum absolute atomic E-state index is 9.63. The Bertz CT molecular complexity index is 362. The van der Waals surface area contributed by atoms with Gasteiger partial charge in [-0.3, -0.25) is 0 Å². The molecule has 0 aromatic carbocycles. The van der Waals surface area contributed by atoms with Crippen molar-refractivity contribution >= 4 is 8.32 Å². The zero-order valence-corrected chi connectivity index (χ0v) is 17.4. The summed E-state index contributed by atoms with van der Waals surface area (Å²) in [5, 5.41) is 46.2. The standard InChI is InChI=1S/C12H26O3Si.C6H12O3/c1-12(2,3)16(4,5)15-11-7-9(13)6-10(14)8-11;7-4-1-5(8)3-6(9)2-4/h9-11,13-14H,6-8H2,1-5H3;4-9H,1-3H2. The summed E-state index contributed by atoms with van der Waals surface area (Å²) in [4.78, 5) is 0. The van der Waals surface area contributed by atoms with Crippen LogP contribution in [0, 0.1) is 0 Å². The molecule has 0 bridgehead atoms. The van der Waals surface area contributed by atoms with Gasteiger partial charge in [0.25, 0.3) is 0 Å². The smallest absolute Gasteiger partial charge is 0.192 e. The summed E-state index contributed by atoms with van der Waals surface area (Å²) < 4.78 is 6.20. The van der Waals surface area contributed by atoms with E-state index < -0.39 is 38.8 Å². The second-order valence-electron chi connectivity index (χ2n) is 9.18. The summed E-state index contributed by atoms with van der Waals surface area (Å²) in [7, 11) is -1.77. The van der Waals surface area contributed by atoms with E-state index in [0.29, 0.717) is 38.5 Å². The Kier molecular flexibility index (Phi) is 8.52. The molecule has 0 radical (unpaired) electrons. The molecule has 0 aliphatic heterocycles. The van der Waals surface area contributed by atoms with Crippen LogP contribution in [0.5, 0.6) is 0 Å². The minimum absolute atomic E-state index is 0.0274. The van der Waals surface area contributed by atoms with Gasteiger partial charge in [-0.15, -0.1) is 0 Å². The molecule has 25 heavy (non-hydrogen) atoms. The molecule has 2 rings (SSSR count). The van der Waals surface area contributed by atoms with Crippen LogP contribution in [0.25, 0.3) is 0 Å². The van der Waals surface area contributed by atoms with Crippen LogP contribution in [0.15, 0.2) is 0 Å². The van der Waals surface area contributed by atoms with Crippen LogP contribution in [0.4, 0.5) is 0 Å². The lowest BCUT2D eigenvalue weighted by molar-refractivity contribution is -0.0249. The maximum atomic E-state index is 9.63. The zero-order valence-electron chi connectivity index (χ0n) is 16.4. The van der Waals surface area contributed by atoms with E-state index in [1.807, 2.05) is 0 Å². The van der Waals surface area contributed by atoms with Crippen molar-refractivity contribution in [1.29, 1.82) is 0 Å². The Hall–Kier alpha value is -0.0231. The molecule has 0 aromatic rings. The number of aliphatic hydroxyl groups is 5. The molecule has 2 fully saturated rings. The molecule has 0 amide bonds. The van der Waals surface area contributed by atoms with Gasteiger partial charge in [-0.25, -0.2) is 0 Å². The van der Waals surface area contributed by atoms with E-state index in [2.05, 4.69) is 33.9 Å². The molecule has 0 saturated heterocycles. The van der Waals surface area contributed by atoms with Crippen molar-refractivity contribution in [2.45, 2.75) is 114 Å². The zero-order chi connectivity index (χ0) is 19.4. The van der Waals surface area contributed by atoms with Gasteiger partial charge >= 0.3 is 0 Å². The summed E-state index contributed by atoms with van der Waals surface area (Å²) in [6.07, 6.45) is 0.767. The highest BCUT2D eigenvalue weighted by Crippen LogP contribution is 2.39. The van der Waals surface area contributed by atoms with Crippen molar-refractivity contribution in [2.75, 3.05) is 0 Å². The van der Waals surface area contributed by atoms with E-state index in [1.165, 1.54) is 0 Å². The second-order valence-corrected chi connectivity index (χ2v) is 13.9. The molecule has 2 saturated carbocycles. The fourth-order valence-electron chi connectivity index (χ4n) is 3.13. The third-order valence-corrected chi connectivity index (χ3v) is 10.0. The highest BCUT2D eigenvalue weighted by atomic mass is 28.4. The molecule has 6 nitrogen and oxygen atoms in total. The van der Waals surface area contributed by atoms with Crippen molar-refractivity contribution in [1.82, 2.24) is 0 Å². The lowest BCUT2D eigenvalue weighted by Crippen LogP contribution is -2.47. The molecule has 150 valence electrons. The largest absolute Gasteiger partial charge is 0.414 e. The molecular weight excluding hydrogens is 340 g/mol. The van der Waals surface area contributed by atoms with Crippen LogP contribution in [-0.2, 0) is 4.43 Å². The van der Waals surface area contributed by atoms with E-state index in [4.69, 9.17) is 19.7 Å². The molecule has 0 aromatic heterocycles. The molecule has 0 heterocycles. The number of aliphatic hydroxyl groups excluding tert-OH is 5. The topological polar surface area (TPSA) is 110 Å². The average molecular weight is 379 g/mol. The van der Waals surface area contributed by atoms with Crippen molar-refractivity contribution in [3.63, 3.8) is 0 Å². The fourth-order valence-corrected chi connectivity index (χ4v) is 4.51. The fraction of sp³-hybridized carbons (Fsp3) is 1.00. The van der Waals surface area contributed by atoms with Gasteiger partial charge in [0.2, 0.25) is 0 Å². The Morgan fingerprint density at radius 3 is 1.20 bits per heavy atom. The highest BCUT2D eigenvalue weighted by molar-refractivity contribution is 6.74. The van der Waals surface area contributed by atoms with Crippen molar-refractivity contribution < 1.29 is 30.0 Å². The minimum Gasteiger partial charge on any atom is -0.414 e. The number of hydrogen-bond donors (Lipinski definition) is 5. The van der Waals surface area contributed by atoms with Gasteiger partial charge in [0.15, 0.2) is 8.32 Å². The monoisotopic (exact) mass is 378 g/mol. The van der Waals surface area contributed by atoms with Crippen LogP contribution < -0.4 is 0 Å². The molecule has 7 heteroatoms. The van der Waals surface area contributed by atoms with Crippen LogP contribution in [0.2, 0.25) is 18.1 Å². The van der Waals surface area contributed by atoms with Gasteiger partial charge in [-0.1, -0.05) is 20.8 Å². The molecule has 0 spiro atoms. The molecule has 2 aliphatic carbocycles. The van der Waals surface area contributed by atoms with Gasteiger partial charge in [0.05, 0.1) is 30.5 Å². The van der Waals surface area contributed by atoms with E-state index in [0.717, 1.165) is 0 Å². The van der Waals surface area contributed by atoms with Crippen LogP contribution >= 0.6 is 0 Å². The normalized spacial score (nSPS) is 37.2. The first-order valence-corrected chi connectivity index (χ1v) is 12.3.